The summed E-state index contributed by atoms with van der Waals surface area (Å²) in [5.41, 5.74) is 6.73. The second kappa shape index (κ2) is 11.6. The van der Waals surface area contributed by atoms with Crippen molar-refractivity contribution in [3.63, 3.8) is 0 Å². The van der Waals surface area contributed by atoms with Crippen molar-refractivity contribution in [2.24, 2.45) is 5.73 Å². The summed E-state index contributed by atoms with van der Waals surface area (Å²) in [5, 5.41) is 10.4. The number of halogens is 1. The van der Waals surface area contributed by atoms with Gasteiger partial charge in [-0.25, -0.2) is 0 Å². The summed E-state index contributed by atoms with van der Waals surface area (Å²) in [6.45, 7) is 3.54. The van der Waals surface area contributed by atoms with Gasteiger partial charge in [0.05, 0.1) is 10.2 Å². The Kier molecular flexibility index (Phi) is 9.85. The van der Waals surface area contributed by atoms with E-state index in [4.69, 9.17) is 5.73 Å². The lowest BCUT2D eigenvalue weighted by atomic mass is 10.2. The zero-order valence-corrected chi connectivity index (χ0v) is 16.7. The number of nitrogens with zero attached hydrogens (tertiary/aromatic N) is 2. The molecule has 0 fully saturated rings. The van der Waals surface area contributed by atoms with Crippen LogP contribution in [0.2, 0.25) is 0 Å². The van der Waals surface area contributed by atoms with E-state index in [1.54, 1.807) is 12.1 Å². The SMILES string of the molecule is CC(Sc1ccc([N+](=O)[O-])cc1)C(=O)N(CCCN)Cc1ccccc1.Cl. The largest absolute Gasteiger partial charge is 0.337 e. The van der Waals surface area contributed by atoms with Crippen LogP contribution in [0.15, 0.2) is 59.5 Å². The molecule has 27 heavy (non-hydrogen) atoms. The van der Waals surface area contributed by atoms with Crippen molar-refractivity contribution in [2.75, 3.05) is 13.1 Å². The van der Waals surface area contributed by atoms with E-state index in [1.807, 2.05) is 42.2 Å². The van der Waals surface area contributed by atoms with E-state index in [0.717, 1.165) is 16.9 Å². The van der Waals surface area contributed by atoms with Crippen molar-refractivity contribution in [3.05, 3.63) is 70.3 Å². The van der Waals surface area contributed by atoms with Crippen molar-refractivity contribution in [1.29, 1.82) is 0 Å². The number of nitrogens with two attached hydrogens (primary N) is 1. The fraction of sp³-hybridized carbons (Fsp3) is 0.316. The Morgan fingerprint density at radius 3 is 2.37 bits per heavy atom. The maximum atomic E-state index is 12.9. The van der Waals surface area contributed by atoms with Gasteiger partial charge in [-0.15, -0.1) is 24.2 Å². The third-order valence-corrected chi connectivity index (χ3v) is 4.97. The summed E-state index contributed by atoms with van der Waals surface area (Å²) >= 11 is 1.40. The minimum absolute atomic E-state index is 0. The van der Waals surface area contributed by atoms with E-state index in [9.17, 15) is 14.9 Å². The number of rotatable bonds is 9. The monoisotopic (exact) mass is 409 g/mol. The molecule has 146 valence electrons. The van der Waals surface area contributed by atoms with Crippen LogP contribution in [0.5, 0.6) is 0 Å². The lowest BCUT2D eigenvalue weighted by Crippen LogP contribution is -2.37. The molecule has 0 spiro atoms. The third-order valence-electron chi connectivity index (χ3n) is 3.87. The van der Waals surface area contributed by atoms with E-state index < -0.39 is 4.92 Å². The molecule has 1 atom stereocenters. The quantitative estimate of drug-likeness (QED) is 0.385. The molecule has 0 bridgehead atoms. The first-order valence-corrected chi connectivity index (χ1v) is 9.33. The molecule has 8 heteroatoms. The first-order chi connectivity index (χ1) is 12.5. The molecule has 2 N–H and O–H groups in total. The number of benzene rings is 2. The van der Waals surface area contributed by atoms with Crippen LogP contribution in [0, 0.1) is 10.1 Å². The van der Waals surface area contributed by atoms with Crippen molar-refractivity contribution in [1.82, 2.24) is 4.90 Å². The smallest absolute Gasteiger partial charge is 0.269 e. The van der Waals surface area contributed by atoms with Gasteiger partial charge in [-0.2, -0.15) is 0 Å². The topological polar surface area (TPSA) is 89.5 Å². The van der Waals surface area contributed by atoms with Crippen LogP contribution in [0.4, 0.5) is 5.69 Å². The average molecular weight is 410 g/mol. The van der Waals surface area contributed by atoms with E-state index in [-0.39, 0.29) is 29.3 Å². The molecule has 0 radical (unpaired) electrons. The highest BCUT2D eigenvalue weighted by molar-refractivity contribution is 8.00. The van der Waals surface area contributed by atoms with Crippen molar-refractivity contribution in [3.8, 4) is 0 Å². The first-order valence-electron chi connectivity index (χ1n) is 8.45. The molecule has 2 aromatic carbocycles. The molecular formula is C19H24ClN3O3S. The maximum Gasteiger partial charge on any atom is 0.269 e. The molecule has 0 saturated carbocycles. The Hall–Kier alpha value is -2.09. The number of hydrogen-bond acceptors (Lipinski definition) is 5. The summed E-state index contributed by atoms with van der Waals surface area (Å²) in [7, 11) is 0. The molecule has 1 amide bonds. The lowest BCUT2D eigenvalue weighted by Gasteiger charge is -2.25. The maximum absolute atomic E-state index is 12.9. The molecule has 6 nitrogen and oxygen atoms in total. The standard InChI is InChI=1S/C19H23N3O3S.ClH/c1-15(26-18-10-8-17(9-11-18)22(24)25)19(23)21(13-5-12-20)14-16-6-3-2-4-7-16;/h2-4,6-11,15H,5,12-14,20H2,1H3;1H. The predicted octanol–water partition coefficient (Wildman–Crippen LogP) is 3.87. The predicted molar refractivity (Wildman–Crippen MR) is 111 cm³/mol. The van der Waals surface area contributed by atoms with Crippen LogP contribution in [0.3, 0.4) is 0 Å². The average Bonchev–Trinajstić information content (AvgIpc) is 2.65. The molecular weight excluding hydrogens is 386 g/mol. The molecule has 0 aromatic heterocycles. The van der Waals surface area contributed by atoms with Gasteiger partial charge in [0, 0.05) is 30.1 Å². The molecule has 0 aliphatic heterocycles. The molecule has 2 rings (SSSR count). The highest BCUT2D eigenvalue weighted by atomic mass is 35.5. The summed E-state index contributed by atoms with van der Waals surface area (Å²) < 4.78 is 0. The van der Waals surface area contributed by atoms with Gasteiger partial charge in [0.15, 0.2) is 0 Å². The van der Waals surface area contributed by atoms with E-state index in [2.05, 4.69) is 0 Å². The van der Waals surface area contributed by atoms with Crippen LogP contribution in [-0.2, 0) is 11.3 Å². The van der Waals surface area contributed by atoms with Crippen LogP contribution in [0.25, 0.3) is 0 Å². The number of amides is 1. The highest BCUT2D eigenvalue weighted by Gasteiger charge is 2.21. The second-order valence-corrected chi connectivity index (χ2v) is 7.31. The summed E-state index contributed by atoms with van der Waals surface area (Å²) in [6.07, 6.45) is 0.744. The molecule has 0 saturated heterocycles. The summed E-state index contributed by atoms with van der Waals surface area (Å²) in [4.78, 5) is 25.8. The lowest BCUT2D eigenvalue weighted by molar-refractivity contribution is -0.384. The van der Waals surface area contributed by atoms with E-state index in [0.29, 0.717) is 19.6 Å². The van der Waals surface area contributed by atoms with Gasteiger partial charge in [-0.1, -0.05) is 30.3 Å². The minimum atomic E-state index is -0.433. The zero-order chi connectivity index (χ0) is 18.9. The van der Waals surface area contributed by atoms with Gasteiger partial charge in [0.1, 0.15) is 0 Å². The Morgan fingerprint density at radius 2 is 1.81 bits per heavy atom. The highest BCUT2D eigenvalue weighted by Crippen LogP contribution is 2.27. The van der Waals surface area contributed by atoms with Gasteiger partial charge < -0.3 is 10.6 Å². The Balaban J connectivity index is 0.00000364. The number of carbonyl (C=O) groups excluding carboxylic acids is 1. The van der Waals surface area contributed by atoms with Crippen LogP contribution >= 0.6 is 24.2 Å². The molecule has 0 heterocycles. The van der Waals surface area contributed by atoms with Gasteiger partial charge in [0.25, 0.3) is 5.69 Å². The van der Waals surface area contributed by atoms with E-state index in [1.165, 1.54) is 23.9 Å². The number of non-ortho nitro benzene ring substituents is 1. The Bertz CT molecular complexity index is 729. The number of nitro benzene ring substituents is 1. The second-order valence-electron chi connectivity index (χ2n) is 5.90. The molecule has 0 aliphatic rings. The Morgan fingerprint density at radius 1 is 1.19 bits per heavy atom. The molecule has 1 unspecified atom stereocenters. The number of hydrogen-bond donors (Lipinski definition) is 1. The van der Waals surface area contributed by atoms with Gasteiger partial charge in [0.2, 0.25) is 5.91 Å². The number of carbonyl (C=O) groups is 1. The van der Waals surface area contributed by atoms with Crippen molar-refractivity contribution >= 4 is 35.8 Å². The van der Waals surface area contributed by atoms with Crippen LogP contribution in [-0.4, -0.2) is 34.1 Å². The molecule has 2 aromatic rings. The fourth-order valence-electron chi connectivity index (χ4n) is 2.51. The fourth-order valence-corrected chi connectivity index (χ4v) is 3.46. The number of thioether (sulfide) groups is 1. The summed E-state index contributed by atoms with van der Waals surface area (Å²) in [5.74, 6) is 0.0330. The minimum Gasteiger partial charge on any atom is -0.337 e. The number of nitro groups is 1. The first kappa shape index (κ1) is 23.0. The van der Waals surface area contributed by atoms with Crippen LogP contribution < -0.4 is 5.73 Å². The normalized spacial score (nSPS) is 11.3. The van der Waals surface area contributed by atoms with Gasteiger partial charge in [-0.05, 0) is 37.6 Å². The van der Waals surface area contributed by atoms with Gasteiger partial charge in [-0.3, -0.25) is 14.9 Å². The summed E-state index contributed by atoms with van der Waals surface area (Å²) in [6, 6.07) is 16.1. The zero-order valence-electron chi connectivity index (χ0n) is 15.1. The van der Waals surface area contributed by atoms with Gasteiger partial charge >= 0.3 is 0 Å². The third kappa shape index (κ3) is 7.21. The van der Waals surface area contributed by atoms with Crippen LogP contribution in [0.1, 0.15) is 18.9 Å². The van der Waals surface area contributed by atoms with Crippen molar-refractivity contribution in [2.45, 2.75) is 30.0 Å². The van der Waals surface area contributed by atoms with E-state index >= 15 is 0 Å². The Labute approximate surface area is 169 Å². The molecule has 0 aliphatic carbocycles. The van der Waals surface area contributed by atoms with Crippen molar-refractivity contribution < 1.29 is 9.72 Å².